The molecule has 0 atom stereocenters. The van der Waals surface area contributed by atoms with Crippen molar-refractivity contribution < 1.29 is 0 Å². The second-order valence-electron chi connectivity index (χ2n) is 17.7. The Hall–Kier alpha value is -8.41. The first-order chi connectivity index (χ1) is 32.0. The summed E-state index contributed by atoms with van der Waals surface area (Å²) < 4.78 is 4.38. The Balaban J connectivity index is 0.932. The predicted octanol–water partition coefficient (Wildman–Crippen LogP) is 15.0. The van der Waals surface area contributed by atoms with Gasteiger partial charge < -0.3 is 0 Å². The summed E-state index contributed by atoms with van der Waals surface area (Å²) in [5, 5.41) is 4.58. The van der Waals surface area contributed by atoms with Crippen LogP contribution in [0.4, 0.5) is 0 Å². The minimum absolute atomic E-state index is 0.0392. The minimum Gasteiger partial charge on any atom is -0.278 e. The van der Waals surface area contributed by atoms with Crippen molar-refractivity contribution in [1.82, 2.24) is 24.1 Å². The fraction of sp³-hybridized carbons (Fsp3) is 0.0500. The fourth-order valence-corrected chi connectivity index (χ4v) is 10.4. The SMILES string of the molecule is CC1(C)c2ccccc2-c2ccc(-c3ccc(-c4ccc(-c5nc(-n6c7ccccc7c7ccccc76)nc(-n6c7ccccc7c7ccc(-c8ccccc8)cc76)n5)cc4)cc3)cc21. The number of aromatic nitrogens is 5. The van der Waals surface area contributed by atoms with Crippen LogP contribution < -0.4 is 0 Å². The lowest BCUT2D eigenvalue weighted by Crippen LogP contribution is -2.14. The van der Waals surface area contributed by atoms with E-state index in [1.807, 2.05) is 0 Å². The van der Waals surface area contributed by atoms with Crippen LogP contribution in [-0.4, -0.2) is 24.1 Å². The van der Waals surface area contributed by atoms with Gasteiger partial charge in [-0.1, -0.05) is 196 Å². The Kier molecular flexibility index (Phi) is 8.18. The number of hydrogen-bond acceptors (Lipinski definition) is 3. The van der Waals surface area contributed by atoms with Crippen molar-refractivity contribution in [3.63, 3.8) is 0 Å². The maximum absolute atomic E-state index is 5.39. The van der Waals surface area contributed by atoms with Gasteiger partial charge in [0.1, 0.15) is 0 Å². The lowest BCUT2D eigenvalue weighted by Gasteiger charge is -2.22. The van der Waals surface area contributed by atoms with Crippen LogP contribution >= 0.6 is 0 Å². The van der Waals surface area contributed by atoms with Gasteiger partial charge >= 0.3 is 0 Å². The zero-order valence-corrected chi connectivity index (χ0v) is 35.9. The largest absolute Gasteiger partial charge is 0.278 e. The van der Waals surface area contributed by atoms with E-state index in [0.29, 0.717) is 17.7 Å². The van der Waals surface area contributed by atoms with E-state index in [1.54, 1.807) is 0 Å². The molecule has 65 heavy (non-hydrogen) atoms. The quantitative estimate of drug-likeness (QED) is 0.168. The Morgan fingerprint density at radius 2 is 0.723 bits per heavy atom. The van der Waals surface area contributed by atoms with Crippen molar-refractivity contribution in [2.45, 2.75) is 19.3 Å². The van der Waals surface area contributed by atoms with Crippen molar-refractivity contribution in [3.05, 3.63) is 223 Å². The molecule has 0 amide bonds. The lowest BCUT2D eigenvalue weighted by atomic mass is 9.81. The summed E-state index contributed by atoms with van der Waals surface area (Å²) in [6, 6.07) is 76.1. The molecule has 3 heterocycles. The van der Waals surface area contributed by atoms with Crippen LogP contribution in [0.15, 0.2) is 212 Å². The lowest BCUT2D eigenvalue weighted by molar-refractivity contribution is 0.660. The van der Waals surface area contributed by atoms with Gasteiger partial charge in [-0.3, -0.25) is 9.13 Å². The van der Waals surface area contributed by atoms with Gasteiger partial charge in [-0.05, 0) is 86.0 Å². The Bertz CT molecular complexity index is 3780. The maximum atomic E-state index is 5.39. The molecule has 0 spiro atoms. The molecule has 13 rings (SSSR count). The second kappa shape index (κ2) is 14.3. The third-order valence-electron chi connectivity index (χ3n) is 13.7. The average molecular weight is 832 g/mol. The van der Waals surface area contributed by atoms with Crippen LogP contribution in [0.1, 0.15) is 25.0 Å². The summed E-state index contributed by atoms with van der Waals surface area (Å²) in [5.41, 5.74) is 17.5. The zero-order valence-electron chi connectivity index (χ0n) is 35.9. The summed E-state index contributed by atoms with van der Waals surface area (Å²) in [6.45, 7) is 4.67. The monoisotopic (exact) mass is 831 g/mol. The molecule has 0 saturated carbocycles. The minimum atomic E-state index is -0.0392. The van der Waals surface area contributed by atoms with Gasteiger partial charge in [-0.25, -0.2) is 0 Å². The number of nitrogens with zero attached hydrogens (tertiary/aromatic N) is 5. The van der Waals surface area contributed by atoms with Gasteiger partial charge in [-0.15, -0.1) is 0 Å². The van der Waals surface area contributed by atoms with E-state index in [9.17, 15) is 0 Å². The van der Waals surface area contributed by atoms with Gasteiger partial charge in [0.2, 0.25) is 11.9 Å². The molecule has 0 N–H and O–H groups in total. The molecular formula is C60H41N5. The van der Waals surface area contributed by atoms with E-state index in [-0.39, 0.29) is 5.41 Å². The highest BCUT2D eigenvalue weighted by Gasteiger charge is 2.35. The summed E-state index contributed by atoms with van der Waals surface area (Å²) >= 11 is 0. The molecule has 12 aromatic rings. The molecule has 0 saturated heterocycles. The van der Waals surface area contributed by atoms with Crippen molar-refractivity contribution in [2.24, 2.45) is 0 Å². The van der Waals surface area contributed by atoms with E-state index >= 15 is 0 Å². The molecule has 0 fully saturated rings. The first-order valence-electron chi connectivity index (χ1n) is 22.3. The van der Waals surface area contributed by atoms with Gasteiger partial charge in [0, 0.05) is 32.5 Å². The molecule has 1 aliphatic carbocycles. The van der Waals surface area contributed by atoms with E-state index in [4.69, 9.17) is 15.0 Å². The third-order valence-corrected chi connectivity index (χ3v) is 13.7. The molecule has 0 unspecified atom stereocenters. The van der Waals surface area contributed by atoms with Crippen LogP contribution in [0.2, 0.25) is 0 Å². The molecule has 1 aliphatic rings. The highest BCUT2D eigenvalue weighted by atomic mass is 15.3. The first kappa shape index (κ1) is 37.2. The summed E-state index contributed by atoms with van der Waals surface area (Å²) in [4.78, 5) is 16.0. The number of benzene rings is 9. The van der Waals surface area contributed by atoms with Gasteiger partial charge in [0.15, 0.2) is 5.82 Å². The third kappa shape index (κ3) is 5.82. The summed E-state index contributed by atoms with van der Waals surface area (Å²) in [7, 11) is 0. The topological polar surface area (TPSA) is 48.5 Å². The number of fused-ring (bicyclic) bond motifs is 9. The number of hydrogen-bond donors (Lipinski definition) is 0. The Labute approximate surface area is 376 Å². The zero-order chi connectivity index (χ0) is 43.2. The number of para-hydroxylation sites is 3. The van der Waals surface area contributed by atoms with Crippen molar-refractivity contribution in [3.8, 4) is 67.8 Å². The van der Waals surface area contributed by atoms with E-state index in [1.165, 1.54) is 33.4 Å². The van der Waals surface area contributed by atoms with Crippen LogP contribution in [-0.2, 0) is 5.41 Å². The van der Waals surface area contributed by atoms with Crippen molar-refractivity contribution in [1.29, 1.82) is 0 Å². The van der Waals surface area contributed by atoms with Gasteiger partial charge in [0.05, 0.1) is 22.1 Å². The summed E-state index contributed by atoms with van der Waals surface area (Å²) in [5.74, 6) is 1.72. The van der Waals surface area contributed by atoms with Crippen LogP contribution in [0.3, 0.4) is 0 Å². The highest BCUT2D eigenvalue weighted by Crippen LogP contribution is 2.49. The molecule has 3 aromatic heterocycles. The Morgan fingerprint density at radius 1 is 0.308 bits per heavy atom. The Morgan fingerprint density at radius 3 is 1.34 bits per heavy atom. The molecule has 0 aliphatic heterocycles. The van der Waals surface area contributed by atoms with E-state index < -0.39 is 0 Å². The molecule has 9 aromatic carbocycles. The molecule has 5 nitrogen and oxygen atoms in total. The number of rotatable bonds is 6. The highest BCUT2D eigenvalue weighted by molar-refractivity contribution is 6.11. The normalized spacial score (nSPS) is 12.9. The van der Waals surface area contributed by atoms with Crippen molar-refractivity contribution in [2.75, 3.05) is 0 Å². The first-order valence-corrected chi connectivity index (χ1v) is 22.3. The standard InChI is InChI=1S/C60H41N5/c1-60(2)51-20-10-6-16-45(51)46-34-32-43(36-52(46)60)41-26-24-39(25-27-41)40-28-30-42(31-29-40)57-61-58(64-53-21-11-7-17-47(53)48-18-8-12-22-54(48)64)63-59(62-57)65-55-23-13-9-19-49(55)50-35-33-44(37-56(50)65)38-14-4-3-5-15-38/h3-37H,1-2H3. The van der Waals surface area contributed by atoms with E-state index in [2.05, 4.69) is 235 Å². The molecule has 306 valence electrons. The smallest absolute Gasteiger partial charge is 0.240 e. The molecule has 0 bridgehead atoms. The van der Waals surface area contributed by atoms with Crippen LogP contribution in [0.5, 0.6) is 0 Å². The van der Waals surface area contributed by atoms with Gasteiger partial charge in [-0.2, -0.15) is 15.0 Å². The average Bonchev–Trinajstić information content (AvgIpc) is 3.97. The fourth-order valence-electron chi connectivity index (χ4n) is 10.4. The van der Waals surface area contributed by atoms with Crippen LogP contribution in [0, 0.1) is 0 Å². The molecule has 0 radical (unpaired) electrons. The van der Waals surface area contributed by atoms with Gasteiger partial charge in [0.25, 0.3) is 0 Å². The molecular weight excluding hydrogens is 791 g/mol. The van der Waals surface area contributed by atoms with Crippen LogP contribution in [0.25, 0.3) is 111 Å². The summed E-state index contributed by atoms with van der Waals surface area (Å²) in [6.07, 6.45) is 0. The maximum Gasteiger partial charge on any atom is 0.240 e. The second-order valence-corrected chi connectivity index (χ2v) is 17.7. The molecule has 5 heteroatoms. The van der Waals surface area contributed by atoms with E-state index in [0.717, 1.165) is 71.4 Å². The van der Waals surface area contributed by atoms with Crippen molar-refractivity contribution >= 4 is 43.6 Å². The predicted molar refractivity (Wildman–Crippen MR) is 268 cm³/mol.